The Bertz CT molecular complexity index is 920. The number of hydrogen-bond donors (Lipinski definition) is 3. The number of aromatic amines is 1. The van der Waals surface area contributed by atoms with Gasteiger partial charge >= 0.3 is 0 Å². The molecule has 7 heteroatoms. The molecule has 22 heavy (non-hydrogen) atoms. The molecule has 4 N–H and O–H groups in total. The number of primary amides is 1. The Morgan fingerprint density at radius 2 is 2.14 bits per heavy atom. The minimum atomic E-state index is -1.06. The van der Waals surface area contributed by atoms with E-state index >= 15 is 0 Å². The number of hydrogen-bond acceptors (Lipinski definition) is 2. The molecule has 1 heterocycles. The molecule has 3 rings (SSSR count). The Hall–Kier alpha value is -1.70. The first-order valence-electron chi connectivity index (χ1n) is 6.57. The van der Waals surface area contributed by atoms with Crippen LogP contribution in [0.15, 0.2) is 34.8 Å². The molecular formula is C15H14BrN3O2S. The van der Waals surface area contributed by atoms with E-state index in [1.54, 1.807) is 12.3 Å². The summed E-state index contributed by atoms with van der Waals surface area (Å²) >= 11 is 3.52. The standard InChI is InChI=1S/C15H14BrN3O2S/c1-22(21)18-7-8-2-3-9-12(6-8)19-14-10(15(17)20)4-5-11(16)13(9)14/h2-6,18-19H,7H2,1H3,(H2,17,20). The molecule has 1 atom stereocenters. The van der Waals surface area contributed by atoms with Crippen LogP contribution < -0.4 is 10.5 Å². The number of nitrogens with one attached hydrogen (secondary N) is 2. The van der Waals surface area contributed by atoms with Crippen molar-refractivity contribution in [1.29, 1.82) is 0 Å². The van der Waals surface area contributed by atoms with Crippen molar-refractivity contribution in [3.63, 3.8) is 0 Å². The van der Waals surface area contributed by atoms with Gasteiger partial charge in [-0.3, -0.25) is 4.79 Å². The first-order valence-corrected chi connectivity index (χ1v) is 8.92. The summed E-state index contributed by atoms with van der Waals surface area (Å²) in [5.74, 6) is -0.465. The molecule has 0 aliphatic rings. The Balaban J connectivity index is 2.20. The molecule has 3 aromatic rings. The number of carbonyl (C=O) groups is 1. The van der Waals surface area contributed by atoms with Crippen molar-refractivity contribution in [2.24, 2.45) is 5.73 Å². The molecule has 0 radical (unpaired) electrons. The number of amides is 1. The topological polar surface area (TPSA) is 88.0 Å². The second-order valence-electron chi connectivity index (χ2n) is 4.99. The third-order valence-corrected chi connectivity index (χ3v) is 4.72. The number of rotatable bonds is 4. The number of fused-ring (bicyclic) bond motifs is 3. The molecule has 2 aromatic carbocycles. The van der Waals surface area contributed by atoms with Crippen molar-refractivity contribution >= 4 is 54.6 Å². The largest absolute Gasteiger partial charge is 0.366 e. The fourth-order valence-corrected chi connectivity index (χ4v) is 3.43. The van der Waals surface area contributed by atoms with Crippen molar-refractivity contribution in [3.05, 3.63) is 45.9 Å². The normalized spacial score (nSPS) is 12.8. The van der Waals surface area contributed by atoms with Crippen molar-refractivity contribution in [1.82, 2.24) is 9.71 Å². The lowest BCUT2D eigenvalue weighted by molar-refractivity contribution is 0.100. The Morgan fingerprint density at radius 1 is 1.36 bits per heavy atom. The van der Waals surface area contributed by atoms with Crippen LogP contribution in [0.3, 0.4) is 0 Å². The van der Waals surface area contributed by atoms with E-state index in [1.807, 2.05) is 24.3 Å². The number of H-pyrrole nitrogens is 1. The van der Waals surface area contributed by atoms with Crippen LogP contribution in [-0.2, 0) is 17.5 Å². The average molecular weight is 380 g/mol. The van der Waals surface area contributed by atoms with Crippen LogP contribution in [0.25, 0.3) is 21.8 Å². The average Bonchev–Trinajstić information content (AvgIpc) is 2.84. The van der Waals surface area contributed by atoms with Gasteiger partial charge in [0, 0.05) is 33.6 Å². The first kappa shape index (κ1) is 15.2. The summed E-state index contributed by atoms with van der Waals surface area (Å²) in [4.78, 5) is 14.9. The van der Waals surface area contributed by atoms with Gasteiger partial charge in [-0.2, -0.15) is 0 Å². The van der Waals surface area contributed by atoms with Gasteiger partial charge in [-0.1, -0.05) is 28.1 Å². The molecule has 0 aliphatic carbocycles. The van der Waals surface area contributed by atoms with Crippen molar-refractivity contribution in [3.8, 4) is 0 Å². The zero-order valence-corrected chi connectivity index (χ0v) is 14.2. The molecule has 0 fully saturated rings. The van der Waals surface area contributed by atoms with E-state index in [-0.39, 0.29) is 0 Å². The third kappa shape index (κ3) is 2.67. The molecule has 1 amide bonds. The third-order valence-electron chi connectivity index (χ3n) is 3.51. The summed E-state index contributed by atoms with van der Waals surface area (Å²) in [6.45, 7) is 0.512. The van der Waals surface area contributed by atoms with Crippen molar-refractivity contribution in [2.45, 2.75) is 6.54 Å². The van der Waals surface area contributed by atoms with E-state index in [2.05, 4.69) is 25.6 Å². The Kier molecular flexibility index (Phi) is 4.03. The number of aromatic nitrogens is 1. The highest BCUT2D eigenvalue weighted by Gasteiger charge is 2.14. The predicted octanol–water partition coefficient (Wildman–Crippen LogP) is 2.57. The fourth-order valence-electron chi connectivity index (χ4n) is 2.52. The lowest BCUT2D eigenvalue weighted by atomic mass is 10.1. The Labute approximate surface area is 138 Å². The maximum absolute atomic E-state index is 11.6. The molecule has 5 nitrogen and oxygen atoms in total. The van der Waals surface area contributed by atoms with Crippen LogP contribution >= 0.6 is 15.9 Å². The summed E-state index contributed by atoms with van der Waals surface area (Å²) in [7, 11) is -1.06. The lowest BCUT2D eigenvalue weighted by Gasteiger charge is -2.02. The highest BCUT2D eigenvalue weighted by atomic mass is 79.9. The molecule has 1 unspecified atom stereocenters. The highest BCUT2D eigenvalue weighted by molar-refractivity contribution is 9.10. The summed E-state index contributed by atoms with van der Waals surface area (Å²) in [6.07, 6.45) is 1.59. The molecule has 0 spiro atoms. The minimum absolute atomic E-state index is 0.462. The fraction of sp³-hybridized carbons (Fsp3) is 0.133. The molecular weight excluding hydrogens is 366 g/mol. The molecule has 0 saturated carbocycles. The number of halogens is 1. The Morgan fingerprint density at radius 3 is 2.82 bits per heavy atom. The van der Waals surface area contributed by atoms with Crippen molar-refractivity contribution in [2.75, 3.05) is 6.26 Å². The summed E-state index contributed by atoms with van der Waals surface area (Å²) in [5, 5.41) is 1.94. The molecule has 0 saturated heterocycles. The van der Waals surface area contributed by atoms with Crippen LogP contribution in [0.2, 0.25) is 0 Å². The summed E-state index contributed by atoms with van der Waals surface area (Å²) in [5.41, 5.74) is 8.54. The minimum Gasteiger partial charge on any atom is -0.366 e. The van der Waals surface area contributed by atoms with Gasteiger partial charge in [0.2, 0.25) is 0 Å². The van der Waals surface area contributed by atoms with E-state index < -0.39 is 16.9 Å². The van der Waals surface area contributed by atoms with Crippen molar-refractivity contribution < 1.29 is 9.00 Å². The van der Waals surface area contributed by atoms with E-state index in [4.69, 9.17) is 5.73 Å². The zero-order valence-electron chi connectivity index (χ0n) is 11.8. The maximum Gasteiger partial charge on any atom is 0.250 e. The highest BCUT2D eigenvalue weighted by Crippen LogP contribution is 2.34. The molecule has 114 valence electrons. The second-order valence-corrected chi connectivity index (χ2v) is 7.04. The van der Waals surface area contributed by atoms with Gasteiger partial charge in [-0.25, -0.2) is 8.93 Å². The molecule has 1 aromatic heterocycles. The monoisotopic (exact) mass is 379 g/mol. The van der Waals surface area contributed by atoms with E-state index in [0.29, 0.717) is 12.1 Å². The smallest absolute Gasteiger partial charge is 0.250 e. The summed E-state index contributed by atoms with van der Waals surface area (Å²) in [6, 6.07) is 9.46. The van der Waals surface area contributed by atoms with Gasteiger partial charge in [0.25, 0.3) is 5.91 Å². The van der Waals surface area contributed by atoms with Gasteiger partial charge in [0.15, 0.2) is 0 Å². The van der Waals surface area contributed by atoms with Gasteiger partial charge in [-0.05, 0) is 23.8 Å². The quantitative estimate of drug-likeness (QED) is 0.650. The lowest BCUT2D eigenvalue weighted by Crippen LogP contribution is -2.14. The van der Waals surface area contributed by atoms with Crippen LogP contribution in [0.5, 0.6) is 0 Å². The van der Waals surface area contributed by atoms with Gasteiger partial charge in [-0.15, -0.1) is 0 Å². The van der Waals surface area contributed by atoms with Crippen LogP contribution in [0.1, 0.15) is 15.9 Å². The summed E-state index contributed by atoms with van der Waals surface area (Å²) < 4.78 is 14.9. The predicted molar refractivity (Wildman–Crippen MR) is 92.9 cm³/mol. The number of nitrogens with two attached hydrogens (primary N) is 1. The van der Waals surface area contributed by atoms with Crippen LogP contribution in [0, 0.1) is 0 Å². The van der Waals surface area contributed by atoms with Gasteiger partial charge in [0.05, 0.1) is 22.1 Å². The molecule has 0 bridgehead atoms. The van der Waals surface area contributed by atoms with E-state index in [1.165, 1.54) is 0 Å². The first-order chi connectivity index (χ1) is 10.5. The van der Waals surface area contributed by atoms with Gasteiger partial charge in [0.1, 0.15) is 0 Å². The van der Waals surface area contributed by atoms with Crippen LogP contribution in [-0.4, -0.2) is 21.4 Å². The SMILES string of the molecule is CS(=O)NCc1ccc2c(c1)[nH]c1c(C(N)=O)ccc(Br)c12. The van der Waals surface area contributed by atoms with Crippen LogP contribution in [0.4, 0.5) is 0 Å². The molecule has 0 aliphatic heterocycles. The number of carbonyl (C=O) groups excluding carboxylic acids is 1. The second kappa shape index (κ2) is 5.83. The maximum atomic E-state index is 11.6. The zero-order chi connectivity index (χ0) is 15.9. The van der Waals surface area contributed by atoms with Gasteiger partial charge < -0.3 is 10.7 Å². The number of benzene rings is 2. The van der Waals surface area contributed by atoms with E-state index in [9.17, 15) is 9.00 Å². The van der Waals surface area contributed by atoms with E-state index in [0.717, 1.165) is 31.8 Å².